The highest BCUT2D eigenvalue weighted by molar-refractivity contribution is 6.32. The van der Waals surface area contributed by atoms with Crippen molar-refractivity contribution < 1.29 is 9.72 Å². The van der Waals surface area contributed by atoms with Crippen LogP contribution in [-0.4, -0.2) is 10.8 Å². The van der Waals surface area contributed by atoms with Gasteiger partial charge in [-0.25, -0.2) is 0 Å². The van der Waals surface area contributed by atoms with Crippen LogP contribution < -0.4 is 5.32 Å². The number of rotatable bonds is 5. The number of carbonyl (C=O) groups excluding carboxylic acids is 1. The van der Waals surface area contributed by atoms with Crippen LogP contribution in [0.3, 0.4) is 0 Å². The molecule has 1 N–H and O–H groups in total. The van der Waals surface area contributed by atoms with Crippen molar-refractivity contribution in [2.75, 3.05) is 0 Å². The molecule has 3 aromatic carbocycles. The molecule has 0 saturated carbocycles. The highest BCUT2D eigenvalue weighted by atomic mass is 35.5. The lowest BCUT2D eigenvalue weighted by Crippen LogP contribution is -2.26. The van der Waals surface area contributed by atoms with E-state index >= 15 is 0 Å². The fourth-order valence-corrected chi connectivity index (χ4v) is 2.94. The Kier molecular flexibility index (Phi) is 5.52. The van der Waals surface area contributed by atoms with Gasteiger partial charge in [-0.3, -0.25) is 14.9 Å². The van der Waals surface area contributed by atoms with Crippen molar-refractivity contribution in [2.24, 2.45) is 0 Å². The van der Waals surface area contributed by atoms with E-state index in [2.05, 4.69) is 5.32 Å². The van der Waals surface area contributed by atoms with Gasteiger partial charge in [-0.2, -0.15) is 0 Å². The van der Waals surface area contributed by atoms with Crippen molar-refractivity contribution in [3.63, 3.8) is 0 Å². The average molecular weight is 381 g/mol. The first-order valence-corrected chi connectivity index (χ1v) is 8.73. The summed E-state index contributed by atoms with van der Waals surface area (Å²) in [6, 6.07) is 21.7. The van der Waals surface area contributed by atoms with Crippen molar-refractivity contribution >= 4 is 23.2 Å². The quantitative estimate of drug-likeness (QED) is 0.475. The Labute approximate surface area is 161 Å². The molecule has 0 fully saturated rings. The summed E-state index contributed by atoms with van der Waals surface area (Å²) in [7, 11) is 0. The molecule has 27 heavy (non-hydrogen) atoms. The maximum absolute atomic E-state index is 12.4. The van der Waals surface area contributed by atoms with Gasteiger partial charge in [-0.05, 0) is 35.7 Å². The number of amides is 1. The zero-order valence-corrected chi connectivity index (χ0v) is 15.3. The first-order valence-electron chi connectivity index (χ1n) is 8.36. The molecule has 0 aromatic heterocycles. The summed E-state index contributed by atoms with van der Waals surface area (Å²) >= 11 is 5.79. The SMILES string of the molecule is C[C@H](NC(=O)c1ccc(Cl)c([N+](=O)[O-])c1)c1ccc(-c2ccccc2)cc1. The van der Waals surface area contributed by atoms with Crippen molar-refractivity contribution in [2.45, 2.75) is 13.0 Å². The lowest BCUT2D eigenvalue weighted by atomic mass is 10.0. The molecule has 0 aliphatic heterocycles. The van der Waals surface area contributed by atoms with Crippen LogP contribution >= 0.6 is 11.6 Å². The molecule has 3 rings (SSSR count). The molecule has 3 aromatic rings. The number of nitro groups is 1. The van der Waals surface area contributed by atoms with E-state index in [1.54, 1.807) is 0 Å². The van der Waals surface area contributed by atoms with Gasteiger partial charge in [0, 0.05) is 11.6 Å². The fourth-order valence-electron chi connectivity index (χ4n) is 2.75. The Bertz CT molecular complexity index is 972. The van der Waals surface area contributed by atoms with E-state index in [-0.39, 0.29) is 22.3 Å². The Balaban J connectivity index is 1.73. The topological polar surface area (TPSA) is 72.2 Å². The molecule has 6 heteroatoms. The molecule has 0 saturated heterocycles. The van der Waals surface area contributed by atoms with Crippen LogP contribution in [0.5, 0.6) is 0 Å². The summed E-state index contributed by atoms with van der Waals surface area (Å²) in [6.07, 6.45) is 0. The number of hydrogen-bond donors (Lipinski definition) is 1. The van der Waals surface area contributed by atoms with E-state index in [0.29, 0.717) is 0 Å². The molecule has 0 spiro atoms. The van der Waals surface area contributed by atoms with Gasteiger partial charge in [0.05, 0.1) is 11.0 Å². The van der Waals surface area contributed by atoms with Gasteiger partial charge in [0.1, 0.15) is 5.02 Å². The molecule has 0 heterocycles. The number of nitrogens with one attached hydrogen (secondary N) is 1. The minimum absolute atomic E-state index is 0.00102. The average Bonchev–Trinajstić information content (AvgIpc) is 2.68. The monoisotopic (exact) mass is 380 g/mol. The standard InChI is InChI=1S/C21H17ClN2O3/c1-14(15-7-9-17(10-8-15)16-5-3-2-4-6-16)23-21(25)18-11-12-19(22)20(13-18)24(26)27/h2-14H,1H3,(H,23,25)/t14-/m0/s1. The van der Waals surface area contributed by atoms with Crippen LogP contribution in [0.1, 0.15) is 28.9 Å². The molecule has 136 valence electrons. The third-order valence-corrected chi connectivity index (χ3v) is 4.59. The second-order valence-electron chi connectivity index (χ2n) is 6.11. The van der Waals surface area contributed by atoms with Gasteiger partial charge in [0.2, 0.25) is 0 Å². The zero-order valence-electron chi connectivity index (χ0n) is 14.6. The predicted octanol–water partition coefficient (Wildman–Crippen LogP) is 5.41. The number of carbonyl (C=O) groups is 1. The summed E-state index contributed by atoms with van der Waals surface area (Å²) < 4.78 is 0. The van der Waals surface area contributed by atoms with Gasteiger partial charge in [0.25, 0.3) is 11.6 Å². The zero-order chi connectivity index (χ0) is 19.4. The minimum Gasteiger partial charge on any atom is -0.346 e. The molecule has 0 aliphatic carbocycles. The smallest absolute Gasteiger partial charge is 0.288 e. The van der Waals surface area contributed by atoms with Gasteiger partial charge in [0.15, 0.2) is 0 Å². The number of hydrogen-bond acceptors (Lipinski definition) is 3. The van der Waals surface area contributed by atoms with Crippen LogP contribution in [0.2, 0.25) is 5.02 Å². The van der Waals surface area contributed by atoms with Crippen molar-refractivity contribution in [1.29, 1.82) is 0 Å². The highest BCUT2D eigenvalue weighted by Gasteiger charge is 2.18. The van der Waals surface area contributed by atoms with Crippen molar-refractivity contribution in [3.8, 4) is 11.1 Å². The summed E-state index contributed by atoms with van der Waals surface area (Å²) in [5, 5.41) is 13.8. The lowest BCUT2D eigenvalue weighted by molar-refractivity contribution is -0.384. The molecular weight excluding hydrogens is 364 g/mol. The summed E-state index contributed by atoms with van der Waals surface area (Å²) in [4.78, 5) is 22.8. The third-order valence-electron chi connectivity index (χ3n) is 4.27. The van der Waals surface area contributed by atoms with Crippen LogP contribution in [0.25, 0.3) is 11.1 Å². The van der Waals surface area contributed by atoms with Crippen LogP contribution in [0.4, 0.5) is 5.69 Å². The Morgan fingerprint density at radius 3 is 2.26 bits per heavy atom. The largest absolute Gasteiger partial charge is 0.346 e. The molecule has 0 unspecified atom stereocenters. The Hall–Kier alpha value is -3.18. The maximum atomic E-state index is 12.4. The molecule has 0 aliphatic rings. The van der Waals surface area contributed by atoms with Gasteiger partial charge >= 0.3 is 0 Å². The molecule has 1 atom stereocenters. The van der Waals surface area contributed by atoms with E-state index in [1.165, 1.54) is 18.2 Å². The van der Waals surface area contributed by atoms with E-state index in [4.69, 9.17) is 11.6 Å². The molecular formula is C21H17ClN2O3. The maximum Gasteiger partial charge on any atom is 0.288 e. The Morgan fingerprint density at radius 1 is 1.00 bits per heavy atom. The Morgan fingerprint density at radius 2 is 1.63 bits per heavy atom. The predicted molar refractivity (Wildman–Crippen MR) is 106 cm³/mol. The molecule has 1 amide bonds. The normalized spacial score (nSPS) is 11.6. The number of benzene rings is 3. The fraction of sp³-hybridized carbons (Fsp3) is 0.0952. The van der Waals surface area contributed by atoms with Crippen molar-refractivity contribution in [1.82, 2.24) is 5.32 Å². The summed E-state index contributed by atoms with van der Waals surface area (Å²) in [5.74, 6) is -0.394. The van der Waals surface area contributed by atoms with Gasteiger partial charge < -0.3 is 5.32 Å². The van der Waals surface area contributed by atoms with E-state index in [1.807, 2.05) is 61.5 Å². The van der Waals surface area contributed by atoms with Crippen LogP contribution in [0, 0.1) is 10.1 Å². The van der Waals surface area contributed by atoms with Crippen LogP contribution in [0.15, 0.2) is 72.8 Å². The number of nitro benzene ring substituents is 1. The molecule has 0 bridgehead atoms. The molecule has 5 nitrogen and oxygen atoms in total. The first-order chi connectivity index (χ1) is 13.0. The summed E-state index contributed by atoms with van der Waals surface area (Å²) in [5.41, 5.74) is 3.05. The van der Waals surface area contributed by atoms with Crippen LogP contribution in [-0.2, 0) is 0 Å². The first kappa shape index (κ1) is 18.6. The van der Waals surface area contributed by atoms with Gasteiger partial charge in [-0.15, -0.1) is 0 Å². The van der Waals surface area contributed by atoms with E-state index < -0.39 is 10.8 Å². The third kappa shape index (κ3) is 4.33. The number of nitrogens with zero attached hydrogens (tertiary/aromatic N) is 1. The molecule has 0 radical (unpaired) electrons. The van der Waals surface area contributed by atoms with E-state index in [0.717, 1.165) is 16.7 Å². The van der Waals surface area contributed by atoms with E-state index in [9.17, 15) is 14.9 Å². The highest BCUT2D eigenvalue weighted by Crippen LogP contribution is 2.26. The number of halogens is 1. The summed E-state index contributed by atoms with van der Waals surface area (Å²) in [6.45, 7) is 1.86. The lowest BCUT2D eigenvalue weighted by Gasteiger charge is -2.15. The second kappa shape index (κ2) is 8.01. The van der Waals surface area contributed by atoms with Crippen molar-refractivity contribution in [3.05, 3.63) is 99.1 Å². The minimum atomic E-state index is -0.606. The van der Waals surface area contributed by atoms with Gasteiger partial charge in [-0.1, -0.05) is 66.2 Å². The second-order valence-corrected chi connectivity index (χ2v) is 6.51.